The molecule has 0 radical (unpaired) electrons. The first-order valence-electron chi connectivity index (χ1n) is 12.0. The molecule has 5 heterocycles. The van der Waals surface area contributed by atoms with Gasteiger partial charge in [-0.15, -0.1) is 5.10 Å². The third-order valence-corrected chi connectivity index (χ3v) is 9.25. The Labute approximate surface area is 233 Å². The van der Waals surface area contributed by atoms with Crippen molar-refractivity contribution in [1.29, 1.82) is 0 Å². The summed E-state index contributed by atoms with van der Waals surface area (Å²) in [6, 6.07) is -0.821. The summed E-state index contributed by atoms with van der Waals surface area (Å²) >= 11 is 0. The fourth-order valence-electron chi connectivity index (χ4n) is 4.54. The van der Waals surface area contributed by atoms with Gasteiger partial charge in [0.25, 0.3) is 5.56 Å². The van der Waals surface area contributed by atoms with Gasteiger partial charge in [0.05, 0.1) is 24.7 Å². The van der Waals surface area contributed by atoms with Gasteiger partial charge >= 0.3 is 15.6 Å². The number of aliphatic hydroxyl groups excluding tert-OH is 5. The number of nitrogen functional groups attached to an aromatic ring is 1. The van der Waals surface area contributed by atoms with Crippen molar-refractivity contribution >= 4 is 32.8 Å². The summed E-state index contributed by atoms with van der Waals surface area (Å²) in [7, 11) is -10.7. The first-order valence-corrected chi connectivity index (χ1v) is 15.0. The molecule has 2 unspecified atom stereocenters. The average molecular weight is 640 g/mol. The molecule has 0 aromatic carbocycles. The molecule has 22 nitrogen and oxygen atoms in total. The molecule has 0 saturated carbocycles. The van der Waals surface area contributed by atoms with Gasteiger partial charge in [-0.2, -0.15) is 9.29 Å². The van der Waals surface area contributed by atoms with Crippen LogP contribution in [-0.4, -0.2) is 107 Å². The number of nitrogens with two attached hydrogens (primary N) is 1. The van der Waals surface area contributed by atoms with Crippen LogP contribution in [-0.2, 0) is 33.8 Å². The van der Waals surface area contributed by atoms with Gasteiger partial charge in [-0.3, -0.25) is 23.4 Å². The molecule has 1 saturated heterocycles. The number of hydrogen-bond donors (Lipinski definition) is 9. The fraction of sp³-hybridized carbons (Fsp3) is 0.611. The normalized spacial score (nSPS) is 32.5. The molecule has 24 heteroatoms. The molecule has 0 bridgehead atoms. The number of phosphoric acid groups is 2. The number of anilines is 1. The molecule has 42 heavy (non-hydrogen) atoms. The van der Waals surface area contributed by atoms with E-state index in [1.807, 2.05) is 0 Å². The Hall–Kier alpha value is -2.69. The smallest absolute Gasteiger partial charge is 0.388 e. The third-order valence-electron chi connectivity index (χ3n) is 6.67. The molecule has 5 rings (SSSR count). The molecule has 1 fully saturated rings. The lowest BCUT2D eigenvalue weighted by Gasteiger charge is -2.34. The van der Waals surface area contributed by atoms with Crippen LogP contribution in [0.5, 0.6) is 0 Å². The maximum Gasteiger partial charge on any atom is 0.481 e. The van der Waals surface area contributed by atoms with Crippen LogP contribution in [0.1, 0.15) is 36.7 Å². The first-order chi connectivity index (χ1) is 19.6. The molecule has 0 amide bonds. The highest BCUT2D eigenvalue weighted by Gasteiger charge is 2.47. The van der Waals surface area contributed by atoms with E-state index in [2.05, 4.69) is 38.6 Å². The minimum Gasteiger partial charge on any atom is -0.388 e. The summed E-state index contributed by atoms with van der Waals surface area (Å²) in [5.41, 5.74) is 4.26. The van der Waals surface area contributed by atoms with Crippen LogP contribution < -0.4 is 11.3 Å². The Morgan fingerprint density at radius 1 is 1.07 bits per heavy atom. The number of H-pyrrole nitrogens is 1. The van der Waals surface area contributed by atoms with E-state index >= 15 is 0 Å². The predicted octanol–water partition coefficient (Wildman–Crippen LogP) is -3.31. The van der Waals surface area contributed by atoms with Crippen molar-refractivity contribution < 1.29 is 62.5 Å². The molecule has 2 aliphatic rings. The number of aliphatic hydroxyl groups is 5. The van der Waals surface area contributed by atoms with Gasteiger partial charge in [0.1, 0.15) is 48.9 Å². The van der Waals surface area contributed by atoms with Gasteiger partial charge in [0.15, 0.2) is 17.4 Å². The molecule has 3 aromatic heterocycles. The number of imidazole rings is 1. The van der Waals surface area contributed by atoms with Crippen LogP contribution in [0.4, 0.5) is 5.95 Å². The molecule has 0 aliphatic carbocycles. The number of aromatic amines is 1. The second-order valence-electron chi connectivity index (χ2n) is 9.44. The molecular formula is C18H26N8O14P2. The quantitative estimate of drug-likeness (QED) is 0.103. The number of fused-ring (bicyclic) bond motifs is 2. The monoisotopic (exact) mass is 640 g/mol. The minimum atomic E-state index is -5.38. The van der Waals surface area contributed by atoms with Crippen molar-refractivity contribution in [2.75, 3.05) is 12.3 Å². The van der Waals surface area contributed by atoms with Gasteiger partial charge in [-0.05, 0) is 6.92 Å². The average Bonchev–Trinajstić information content (AvgIpc) is 3.60. The van der Waals surface area contributed by atoms with Gasteiger partial charge in [0, 0.05) is 0 Å². The van der Waals surface area contributed by atoms with Crippen molar-refractivity contribution in [2.24, 2.45) is 0 Å². The summed E-state index contributed by atoms with van der Waals surface area (Å²) in [4.78, 5) is 42.0. The Kier molecular flexibility index (Phi) is 8.13. The maximum atomic E-state index is 12.4. The molecule has 2 aliphatic heterocycles. The second kappa shape index (κ2) is 11.1. The topological polar surface area (TPSA) is 333 Å². The van der Waals surface area contributed by atoms with E-state index in [0.717, 1.165) is 15.6 Å². The largest absolute Gasteiger partial charge is 0.481 e. The van der Waals surface area contributed by atoms with Gasteiger partial charge in [0.2, 0.25) is 5.95 Å². The molecular weight excluding hydrogens is 614 g/mol. The van der Waals surface area contributed by atoms with Crippen molar-refractivity contribution in [2.45, 2.75) is 62.4 Å². The molecule has 3 aromatic rings. The minimum absolute atomic E-state index is 0.0922. The number of aromatic nitrogens is 7. The standard InChI is InChI=1S/C18H26N8O14P2/c1-5-10(27)13(30)12(29)9-6(23-24-26(5)9)2-37-41(33,34)40-42(35,36)38-3-7-11(28)14(31)17(39-7)25-4-20-8-15(25)21-18(19)22-16(8)32/h4-5,7,10-14,17,27-31H,2-3H2,1H3,(H,33,34)(H,35,36)(H3,19,21,22,32)/t5-,7-,10-,11-,12-,13-,14-,17-/m1/s1. The van der Waals surface area contributed by atoms with E-state index in [1.165, 1.54) is 6.92 Å². The Morgan fingerprint density at radius 3 is 2.48 bits per heavy atom. The van der Waals surface area contributed by atoms with Crippen LogP contribution >= 0.6 is 15.6 Å². The van der Waals surface area contributed by atoms with Crippen molar-refractivity contribution in [3.8, 4) is 0 Å². The lowest BCUT2D eigenvalue weighted by atomic mass is 9.94. The van der Waals surface area contributed by atoms with E-state index in [1.54, 1.807) is 0 Å². The zero-order chi connectivity index (χ0) is 30.7. The van der Waals surface area contributed by atoms with Crippen LogP contribution in [0.15, 0.2) is 11.1 Å². The third kappa shape index (κ3) is 5.65. The lowest BCUT2D eigenvalue weighted by Crippen LogP contribution is -2.44. The number of ether oxygens (including phenoxy) is 1. The fourth-order valence-corrected chi connectivity index (χ4v) is 6.58. The second-order valence-corrected chi connectivity index (χ2v) is 12.5. The Bertz CT molecular complexity index is 1630. The first kappa shape index (κ1) is 30.8. The summed E-state index contributed by atoms with van der Waals surface area (Å²) in [5.74, 6) is -0.262. The number of nitrogens with zero attached hydrogens (tertiary/aromatic N) is 6. The van der Waals surface area contributed by atoms with Crippen LogP contribution in [0, 0.1) is 0 Å². The number of nitrogens with one attached hydrogen (secondary N) is 1. The number of rotatable bonds is 9. The predicted molar refractivity (Wildman–Crippen MR) is 132 cm³/mol. The van der Waals surface area contributed by atoms with E-state index < -0.39 is 83.3 Å². The van der Waals surface area contributed by atoms with Crippen LogP contribution in [0.2, 0.25) is 0 Å². The summed E-state index contributed by atoms with van der Waals surface area (Å²) < 4.78 is 46.1. The highest BCUT2D eigenvalue weighted by Crippen LogP contribution is 2.61. The van der Waals surface area contributed by atoms with Gasteiger partial charge in [-0.1, -0.05) is 5.21 Å². The SMILES string of the molecule is C[C@@H]1[C@@H](O)[C@@H](O)[C@H](O)c2c(COP(=O)(O)OP(=O)(O)OC[C@H]3O[C@@H](n4cnc5c(=O)[nH]c(N)nc54)[C@H](O)[C@@H]3O)nnn21. The zero-order valence-electron chi connectivity index (χ0n) is 21.3. The van der Waals surface area contributed by atoms with Crippen molar-refractivity contribution in [3.63, 3.8) is 0 Å². The van der Waals surface area contributed by atoms with Crippen molar-refractivity contribution in [3.05, 3.63) is 28.1 Å². The van der Waals surface area contributed by atoms with Gasteiger partial charge in [-0.25, -0.2) is 18.8 Å². The lowest BCUT2D eigenvalue weighted by molar-refractivity contribution is -0.0998. The zero-order valence-corrected chi connectivity index (χ0v) is 23.0. The molecule has 10 N–H and O–H groups in total. The number of phosphoric ester groups is 2. The van der Waals surface area contributed by atoms with Crippen LogP contribution in [0.25, 0.3) is 11.2 Å². The number of hydrogen-bond acceptors (Lipinski definition) is 17. The molecule has 232 valence electrons. The molecule has 10 atom stereocenters. The van der Waals surface area contributed by atoms with Crippen LogP contribution in [0.3, 0.4) is 0 Å². The maximum absolute atomic E-state index is 12.4. The Balaban J connectivity index is 1.21. The van der Waals surface area contributed by atoms with E-state index in [-0.39, 0.29) is 28.5 Å². The summed E-state index contributed by atoms with van der Waals surface area (Å²) in [6.45, 7) is -0.345. The van der Waals surface area contributed by atoms with E-state index in [9.17, 15) is 49.2 Å². The van der Waals surface area contributed by atoms with Gasteiger partial charge < -0.3 is 45.8 Å². The Morgan fingerprint density at radius 2 is 1.76 bits per heavy atom. The van der Waals surface area contributed by atoms with E-state index in [4.69, 9.17) is 10.5 Å². The summed E-state index contributed by atoms with van der Waals surface area (Å²) in [5, 5.41) is 58.5. The highest BCUT2D eigenvalue weighted by atomic mass is 31.3. The van der Waals surface area contributed by atoms with E-state index in [0.29, 0.717) is 0 Å². The van der Waals surface area contributed by atoms with Crippen molar-refractivity contribution in [1.82, 2.24) is 34.5 Å². The molecule has 0 spiro atoms. The highest BCUT2D eigenvalue weighted by molar-refractivity contribution is 7.61. The summed E-state index contributed by atoms with van der Waals surface area (Å²) in [6.07, 6.45) is -9.87.